The molecule has 3 rings (SSSR count). The summed E-state index contributed by atoms with van der Waals surface area (Å²) in [5.41, 5.74) is -1.72. The first-order valence-corrected chi connectivity index (χ1v) is 11.5. The number of aryl methyl sites for hydroxylation is 1. The van der Waals surface area contributed by atoms with Crippen LogP contribution in [-0.4, -0.2) is 47.9 Å². The van der Waals surface area contributed by atoms with Gasteiger partial charge in [0.25, 0.3) is 9.84 Å². The maximum Gasteiger partial charge on any atom is 0.417 e. The molecule has 168 valence electrons. The smallest absolute Gasteiger partial charge is 0.324 e. The van der Waals surface area contributed by atoms with Gasteiger partial charge in [0.1, 0.15) is 5.69 Å². The molecule has 15 heteroatoms. The highest BCUT2D eigenvalue weighted by molar-refractivity contribution is 7.91. The van der Waals surface area contributed by atoms with Crippen LogP contribution in [0.3, 0.4) is 0 Å². The number of nitrogens with zero attached hydrogens (tertiary/aromatic N) is 4. The summed E-state index contributed by atoms with van der Waals surface area (Å²) in [7, 11) is -7.85. The van der Waals surface area contributed by atoms with Crippen molar-refractivity contribution in [2.75, 3.05) is 5.75 Å². The van der Waals surface area contributed by atoms with Gasteiger partial charge in [0.2, 0.25) is 0 Å². The van der Waals surface area contributed by atoms with Crippen LogP contribution >= 0.6 is 0 Å². The van der Waals surface area contributed by atoms with E-state index < -0.39 is 58.5 Å². The molecule has 3 heterocycles. The lowest BCUT2D eigenvalue weighted by molar-refractivity contribution is -0.138. The van der Waals surface area contributed by atoms with E-state index in [2.05, 4.69) is 15.0 Å². The van der Waals surface area contributed by atoms with Gasteiger partial charge in [-0.3, -0.25) is 4.98 Å². The van der Waals surface area contributed by atoms with Gasteiger partial charge < -0.3 is 4.57 Å². The maximum absolute atomic E-state index is 13.1. The van der Waals surface area contributed by atoms with Crippen LogP contribution in [0, 0.1) is 0 Å². The van der Waals surface area contributed by atoms with Gasteiger partial charge in [-0.1, -0.05) is 6.92 Å². The quantitative estimate of drug-likeness (QED) is 0.512. The molecule has 0 aliphatic rings. The monoisotopic (exact) mass is 484 g/mol. The van der Waals surface area contributed by atoms with Crippen molar-refractivity contribution in [3.8, 4) is 11.5 Å². The fraction of sp³-hybridized carbons (Fsp3) is 0.312. The molecule has 0 saturated heterocycles. The minimum Gasteiger partial charge on any atom is -0.324 e. The Balaban J connectivity index is 2.30. The van der Waals surface area contributed by atoms with E-state index in [0.29, 0.717) is 12.3 Å². The average molecular weight is 484 g/mol. The highest BCUT2D eigenvalue weighted by Gasteiger charge is 2.34. The fourth-order valence-corrected chi connectivity index (χ4v) is 4.40. The van der Waals surface area contributed by atoms with Crippen LogP contribution in [0.1, 0.15) is 12.5 Å². The number of fused-ring (bicyclic) bond motifs is 1. The summed E-state index contributed by atoms with van der Waals surface area (Å²) in [5, 5.41) is -0.957. The summed E-state index contributed by atoms with van der Waals surface area (Å²) in [5.74, 6) is -4.46. The largest absolute Gasteiger partial charge is 0.417 e. The van der Waals surface area contributed by atoms with Gasteiger partial charge in [-0.2, -0.15) is 22.0 Å². The highest BCUT2D eigenvalue weighted by atomic mass is 32.2. The Labute approximate surface area is 172 Å². The Kier molecular flexibility index (Phi) is 5.54. The Morgan fingerprint density at radius 1 is 1.06 bits per heavy atom. The molecule has 0 spiro atoms. The lowest BCUT2D eigenvalue weighted by Gasteiger charge is -2.12. The van der Waals surface area contributed by atoms with Crippen molar-refractivity contribution in [1.82, 2.24) is 19.5 Å². The fourth-order valence-electron chi connectivity index (χ4n) is 2.69. The normalized spacial score (nSPS) is 13.3. The van der Waals surface area contributed by atoms with E-state index in [-0.39, 0.29) is 16.9 Å². The van der Waals surface area contributed by atoms with E-state index in [4.69, 9.17) is 0 Å². The maximum atomic E-state index is 13.1. The Bertz CT molecular complexity index is 1380. The van der Waals surface area contributed by atoms with Gasteiger partial charge in [-0.25, -0.2) is 26.8 Å². The van der Waals surface area contributed by atoms with Crippen LogP contribution < -0.4 is 0 Å². The summed E-state index contributed by atoms with van der Waals surface area (Å²) >= 11 is 0. The molecule has 0 aliphatic carbocycles. The van der Waals surface area contributed by atoms with Crippen molar-refractivity contribution in [3.05, 3.63) is 30.1 Å². The zero-order valence-corrected chi connectivity index (χ0v) is 17.4. The SMILES string of the molecule is CCS(=O)(=O)c1cc(C(F)(F)F)cnc1-c1nc2cc(S(=O)(=O)C(F)F)ncc2n1C. The molecule has 0 fully saturated rings. The second-order valence-electron chi connectivity index (χ2n) is 6.28. The van der Waals surface area contributed by atoms with Crippen LogP contribution in [0.5, 0.6) is 0 Å². The number of imidazole rings is 1. The standard InChI is InChI=1S/C16H13F5N4O4S2/c1-3-30(26,27)11-4-8(16(19,20)21)6-23-13(11)14-24-9-5-12(31(28,29)15(17)18)22-7-10(9)25(14)2/h4-7,15H,3H2,1-2H3. The van der Waals surface area contributed by atoms with Crippen molar-refractivity contribution < 1.29 is 38.8 Å². The predicted octanol–water partition coefficient (Wildman–Crippen LogP) is 2.84. The molecule has 0 unspecified atom stereocenters. The zero-order valence-electron chi connectivity index (χ0n) is 15.7. The van der Waals surface area contributed by atoms with Crippen LogP contribution in [0.15, 0.2) is 34.4 Å². The second kappa shape index (κ2) is 7.47. The molecular weight excluding hydrogens is 471 g/mol. The molecular formula is C16H13F5N4O4S2. The number of hydrogen-bond donors (Lipinski definition) is 0. The van der Waals surface area contributed by atoms with Gasteiger partial charge in [0, 0.05) is 19.3 Å². The number of rotatable bonds is 5. The molecule has 31 heavy (non-hydrogen) atoms. The summed E-state index contributed by atoms with van der Waals surface area (Å²) in [6.45, 7) is 1.24. The van der Waals surface area contributed by atoms with Gasteiger partial charge in [0.15, 0.2) is 20.7 Å². The molecule has 3 aromatic rings. The van der Waals surface area contributed by atoms with E-state index in [0.717, 1.165) is 12.3 Å². The Morgan fingerprint density at radius 3 is 2.26 bits per heavy atom. The van der Waals surface area contributed by atoms with E-state index >= 15 is 0 Å². The Morgan fingerprint density at radius 2 is 1.71 bits per heavy atom. The van der Waals surface area contributed by atoms with Crippen molar-refractivity contribution >= 4 is 30.7 Å². The number of alkyl halides is 5. The number of aromatic nitrogens is 4. The van der Waals surface area contributed by atoms with Crippen molar-refractivity contribution in [2.45, 2.75) is 28.8 Å². The molecule has 0 atom stereocenters. The molecule has 3 aromatic heterocycles. The molecule has 0 aromatic carbocycles. The third-order valence-corrected chi connectivity index (χ3v) is 7.39. The van der Waals surface area contributed by atoms with Crippen molar-refractivity contribution in [1.29, 1.82) is 0 Å². The topological polar surface area (TPSA) is 112 Å². The van der Waals surface area contributed by atoms with Crippen LogP contribution in [-0.2, 0) is 32.9 Å². The van der Waals surface area contributed by atoms with Gasteiger partial charge >= 0.3 is 11.9 Å². The van der Waals surface area contributed by atoms with Crippen LogP contribution in [0.2, 0.25) is 0 Å². The molecule has 0 N–H and O–H groups in total. The van der Waals surface area contributed by atoms with E-state index in [1.165, 1.54) is 18.5 Å². The highest BCUT2D eigenvalue weighted by Crippen LogP contribution is 2.35. The lowest BCUT2D eigenvalue weighted by atomic mass is 10.2. The van der Waals surface area contributed by atoms with Gasteiger partial charge in [0.05, 0.1) is 33.4 Å². The minimum atomic E-state index is -5.02. The lowest BCUT2D eigenvalue weighted by Crippen LogP contribution is -2.13. The molecule has 0 bridgehead atoms. The van der Waals surface area contributed by atoms with Crippen molar-refractivity contribution in [2.24, 2.45) is 7.05 Å². The molecule has 0 saturated carbocycles. The number of sulfone groups is 2. The number of hydrogen-bond acceptors (Lipinski definition) is 7. The van der Waals surface area contributed by atoms with E-state index in [1.54, 1.807) is 0 Å². The van der Waals surface area contributed by atoms with Crippen LogP contribution in [0.25, 0.3) is 22.6 Å². The van der Waals surface area contributed by atoms with Gasteiger partial charge in [-0.05, 0) is 6.07 Å². The van der Waals surface area contributed by atoms with Crippen LogP contribution in [0.4, 0.5) is 22.0 Å². The zero-order chi connectivity index (χ0) is 23.4. The predicted molar refractivity (Wildman–Crippen MR) is 97.7 cm³/mol. The second-order valence-corrected chi connectivity index (χ2v) is 10.4. The first-order valence-electron chi connectivity index (χ1n) is 8.35. The third kappa shape index (κ3) is 3.98. The Hall–Kier alpha value is -2.68. The van der Waals surface area contributed by atoms with E-state index in [1.807, 2.05) is 0 Å². The first-order chi connectivity index (χ1) is 14.2. The average Bonchev–Trinajstić information content (AvgIpc) is 3.02. The van der Waals surface area contributed by atoms with Crippen molar-refractivity contribution in [3.63, 3.8) is 0 Å². The van der Waals surface area contributed by atoms with E-state index in [9.17, 15) is 38.8 Å². The third-order valence-electron chi connectivity index (χ3n) is 4.38. The molecule has 0 amide bonds. The summed E-state index contributed by atoms with van der Waals surface area (Å²) < 4.78 is 114. The summed E-state index contributed by atoms with van der Waals surface area (Å²) in [4.78, 5) is 10.4. The minimum absolute atomic E-state index is 0.116. The molecule has 8 nitrogen and oxygen atoms in total. The summed E-state index contributed by atoms with van der Waals surface area (Å²) in [6, 6.07) is 1.20. The summed E-state index contributed by atoms with van der Waals surface area (Å²) in [6.07, 6.45) is -3.48. The molecule has 0 radical (unpaired) electrons. The number of pyridine rings is 2. The van der Waals surface area contributed by atoms with Gasteiger partial charge in [-0.15, -0.1) is 0 Å². The molecule has 0 aliphatic heterocycles. The number of halogens is 5. The first kappa shape index (κ1) is 23.0.